The highest BCUT2D eigenvalue weighted by Gasteiger charge is 2.36. The number of rotatable bonds is 1. The predicted octanol–water partition coefficient (Wildman–Crippen LogP) is -1.27. The van der Waals surface area contributed by atoms with Crippen molar-refractivity contribution in [2.45, 2.75) is 5.25 Å². The molecule has 1 rings (SSSR count). The van der Waals surface area contributed by atoms with E-state index < -0.39 is 22.7 Å². The lowest BCUT2D eigenvalue weighted by Crippen LogP contribution is -2.32. The normalized spacial score (nSPS) is 25.4. The van der Waals surface area contributed by atoms with E-state index in [0.29, 0.717) is 0 Å². The molecule has 0 aromatic carbocycles. The van der Waals surface area contributed by atoms with E-state index in [0.717, 1.165) is 11.8 Å². The van der Waals surface area contributed by atoms with Gasteiger partial charge in [0, 0.05) is 0 Å². The number of hydrogen-bond acceptors (Lipinski definition) is 4. The lowest BCUT2D eigenvalue weighted by molar-refractivity contribution is -0.136. The Kier molecular flexibility index (Phi) is 1.76. The fraction of sp³-hybridized carbons (Fsp3) is 0.400. The molecule has 0 radical (unpaired) electrons. The summed E-state index contributed by atoms with van der Waals surface area (Å²) < 4.78 is 0. The monoisotopic (exact) mass is 159 g/mol. The van der Waals surface area contributed by atoms with Crippen LogP contribution in [-0.2, 0) is 14.4 Å². The van der Waals surface area contributed by atoms with E-state index >= 15 is 0 Å². The van der Waals surface area contributed by atoms with Crippen molar-refractivity contribution in [3.63, 3.8) is 0 Å². The summed E-state index contributed by atoms with van der Waals surface area (Å²) >= 11 is 0.993. The Morgan fingerprint density at radius 3 is 2.40 bits per heavy atom. The molecule has 2 N–H and O–H groups in total. The number of amides is 1. The summed E-state index contributed by atoms with van der Waals surface area (Å²) in [4.78, 5) is 31.6. The number of hydrogen-bond donors (Lipinski definition) is 1. The molecular formula is C5H5NO3S. The zero-order valence-electron chi connectivity index (χ0n) is 4.99. The first kappa shape index (κ1) is 7.27. The van der Waals surface area contributed by atoms with E-state index in [1.54, 1.807) is 0 Å². The van der Waals surface area contributed by atoms with E-state index in [9.17, 15) is 14.4 Å². The minimum Gasteiger partial charge on any atom is -0.368 e. The molecule has 1 fully saturated rings. The van der Waals surface area contributed by atoms with Crippen molar-refractivity contribution in [2.24, 2.45) is 5.73 Å². The number of nitrogens with two attached hydrogens (primary N) is 1. The molecule has 0 aliphatic carbocycles. The van der Waals surface area contributed by atoms with Gasteiger partial charge in [0.2, 0.25) is 17.5 Å². The van der Waals surface area contributed by atoms with Gasteiger partial charge in [-0.05, 0) is 0 Å². The van der Waals surface area contributed by atoms with Crippen LogP contribution < -0.4 is 5.73 Å². The molecule has 1 heterocycles. The Labute approximate surface area is 61.1 Å². The number of thioether (sulfide) groups is 1. The van der Waals surface area contributed by atoms with Gasteiger partial charge in [-0.3, -0.25) is 14.4 Å². The molecular weight excluding hydrogens is 154 g/mol. The van der Waals surface area contributed by atoms with Gasteiger partial charge in [-0.2, -0.15) is 0 Å². The van der Waals surface area contributed by atoms with Crippen LogP contribution in [0.5, 0.6) is 0 Å². The molecule has 0 bridgehead atoms. The van der Waals surface area contributed by atoms with Crippen molar-refractivity contribution in [2.75, 3.05) is 5.75 Å². The lowest BCUT2D eigenvalue weighted by Gasteiger charge is -1.96. The van der Waals surface area contributed by atoms with Crippen LogP contribution >= 0.6 is 11.8 Å². The Balaban J connectivity index is 2.76. The lowest BCUT2D eigenvalue weighted by atomic mass is 10.2. The van der Waals surface area contributed by atoms with Crippen LogP contribution in [0.3, 0.4) is 0 Å². The predicted molar refractivity (Wildman–Crippen MR) is 35.5 cm³/mol. The van der Waals surface area contributed by atoms with Crippen molar-refractivity contribution < 1.29 is 14.4 Å². The standard InChI is InChI=1S/C5H5NO3S/c6-5(9)4-3(8)2(7)1-10-4/h4H,1H2,(H2,6,9). The van der Waals surface area contributed by atoms with E-state index in [4.69, 9.17) is 5.73 Å². The minimum absolute atomic E-state index is 0.0897. The number of carbonyl (C=O) groups excluding carboxylic acids is 3. The van der Waals surface area contributed by atoms with Crippen molar-refractivity contribution in [3.8, 4) is 0 Å². The molecule has 1 atom stereocenters. The second-order valence-electron chi connectivity index (χ2n) is 1.88. The van der Waals surface area contributed by atoms with Crippen LogP contribution in [-0.4, -0.2) is 28.5 Å². The first-order valence-electron chi connectivity index (χ1n) is 2.61. The molecule has 1 saturated heterocycles. The Morgan fingerprint density at radius 2 is 2.20 bits per heavy atom. The van der Waals surface area contributed by atoms with Crippen molar-refractivity contribution >= 4 is 29.2 Å². The fourth-order valence-electron chi connectivity index (χ4n) is 0.663. The number of carbonyl (C=O) groups is 3. The maximum atomic E-state index is 10.7. The molecule has 1 unspecified atom stereocenters. The molecule has 0 aromatic rings. The Morgan fingerprint density at radius 1 is 1.60 bits per heavy atom. The van der Waals surface area contributed by atoms with Gasteiger partial charge < -0.3 is 5.73 Å². The van der Waals surface area contributed by atoms with Crippen LogP contribution in [0.4, 0.5) is 0 Å². The average molecular weight is 159 g/mol. The van der Waals surface area contributed by atoms with Gasteiger partial charge in [0.1, 0.15) is 5.25 Å². The third kappa shape index (κ3) is 1.04. The summed E-state index contributed by atoms with van der Waals surface area (Å²) in [5, 5.41) is -0.924. The largest absolute Gasteiger partial charge is 0.368 e. The molecule has 10 heavy (non-hydrogen) atoms. The van der Waals surface area contributed by atoms with Crippen molar-refractivity contribution in [3.05, 3.63) is 0 Å². The summed E-state index contributed by atoms with van der Waals surface area (Å²) in [6.07, 6.45) is 0. The highest BCUT2D eigenvalue weighted by atomic mass is 32.2. The molecule has 0 aromatic heterocycles. The molecule has 0 spiro atoms. The second-order valence-corrected chi connectivity index (χ2v) is 2.97. The SMILES string of the molecule is NC(=O)C1SCC(=O)C1=O. The van der Waals surface area contributed by atoms with Gasteiger partial charge in [0.05, 0.1) is 5.75 Å². The first-order chi connectivity index (χ1) is 4.63. The maximum Gasteiger partial charge on any atom is 0.238 e. The zero-order chi connectivity index (χ0) is 7.72. The van der Waals surface area contributed by atoms with Crippen molar-refractivity contribution in [1.29, 1.82) is 0 Å². The van der Waals surface area contributed by atoms with E-state index in [-0.39, 0.29) is 5.75 Å². The Hall–Kier alpha value is -0.840. The van der Waals surface area contributed by atoms with Crippen LogP contribution in [0, 0.1) is 0 Å². The minimum atomic E-state index is -0.924. The van der Waals surface area contributed by atoms with Crippen LogP contribution in [0.25, 0.3) is 0 Å². The second kappa shape index (κ2) is 2.42. The summed E-state index contributed by atoms with van der Waals surface area (Å²) in [6, 6.07) is 0. The third-order valence-electron chi connectivity index (χ3n) is 1.15. The van der Waals surface area contributed by atoms with Gasteiger partial charge in [0.25, 0.3) is 0 Å². The topological polar surface area (TPSA) is 77.2 Å². The molecule has 54 valence electrons. The highest BCUT2D eigenvalue weighted by molar-refractivity contribution is 8.03. The zero-order valence-corrected chi connectivity index (χ0v) is 5.81. The number of ketones is 2. The molecule has 4 nitrogen and oxygen atoms in total. The summed E-state index contributed by atoms with van der Waals surface area (Å²) in [7, 11) is 0. The third-order valence-corrected chi connectivity index (χ3v) is 2.36. The molecule has 5 heteroatoms. The molecule has 1 amide bonds. The smallest absolute Gasteiger partial charge is 0.238 e. The van der Waals surface area contributed by atoms with E-state index in [1.807, 2.05) is 0 Å². The molecule has 0 saturated carbocycles. The highest BCUT2D eigenvalue weighted by Crippen LogP contribution is 2.19. The van der Waals surface area contributed by atoms with E-state index in [1.165, 1.54) is 0 Å². The van der Waals surface area contributed by atoms with Gasteiger partial charge in [-0.15, -0.1) is 11.8 Å². The number of Topliss-reactive ketones (excluding diaryl/α,β-unsaturated/α-hetero) is 2. The fourth-order valence-corrected chi connectivity index (χ4v) is 1.57. The van der Waals surface area contributed by atoms with Crippen LogP contribution in [0.2, 0.25) is 0 Å². The first-order valence-corrected chi connectivity index (χ1v) is 3.66. The number of primary amides is 1. The molecule has 1 aliphatic heterocycles. The summed E-state index contributed by atoms with van der Waals surface area (Å²) in [5.41, 5.74) is 4.82. The average Bonchev–Trinajstić information content (AvgIpc) is 2.14. The van der Waals surface area contributed by atoms with Gasteiger partial charge in [-0.25, -0.2) is 0 Å². The van der Waals surface area contributed by atoms with Gasteiger partial charge >= 0.3 is 0 Å². The summed E-state index contributed by atoms with van der Waals surface area (Å²) in [5.74, 6) is -1.79. The van der Waals surface area contributed by atoms with Gasteiger partial charge in [0.15, 0.2) is 0 Å². The van der Waals surface area contributed by atoms with Gasteiger partial charge in [-0.1, -0.05) is 0 Å². The van der Waals surface area contributed by atoms with Crippen LogP contribution in [0.15, 0.2) is 0 Å². The Bertz CT molecular complexity index is 213. The molecule has 1 aliphatic rings. The van der Waals surface area contributed by atoms with E-state index in [2.05, 4.69) is 0 Å². The van der Waals surface area contributed by atoms with Crippen molar-refractivity contribution in [1.82, 2.24) is 0 Å². The summed E-state index contributed by atoms with van der Waals surface area (Å²) in [6.45, 7) is 0. The quantitative estimate of drug-likeness (QED) is 0.382. The maximum absolute atomic E-state index is 10.7. The van der Waals surface area contributed by atoms with Crippen LogP contribution in [0.1, 0.15) is 0 Å².